The molecule has 2 aromatic carbocycles. The molecule has 7 nitrogen and oxygen atoms in total. The van der Waals surface area contributed by atoms with Gasteiger partial charge in [0, 0.05) is 5.02 Å². The fourth-order valence-corrected chi connectivity index (χ4v) is 3.55. The summed E-state index contributed by atoms with van der Waals surface area (Å²) in [5, 5.41) is 4.27. The lowest BCUT2D eigenvalue weighted by molar-refractivity contribution is -0.119. The molecule has 156 valence electrons. The highest BCUT2D eigenvalue weighted by Crippen LogP contribution is 2.26. The van der Waals surface area contributed by atoms with Gasteiger partial charge in [0.2, 0.25) is 10.0 Å². The van der Waals surface area contributed by atoms with Gasteiger partial charge in [-0.05, 0) is 68.3 Å². The third-order valence-corrected chi connectivity index (χ3v) is 5.14. The first-order valence-electron chi connectivity index (χ1n) is 8.89. The molecule has 0 radical (unpaired) electrons. The summed E-state index contributed by atoms with van der Waals surface area (Å²) in [6, 6.07) is 12.1. The third kappa shape index (κ3) is 7.07. The maximum Gasteiger partial charge on any atom is 0.260 e. The number of carbonyl (C=O) groups is 1. The van der Waals surface area contributed by atoms with E-state index in [4.69, 9.17) is 16.3 Å². The molecule has 0 atom stereocenters. The summed E-state index contributed by atoms with van der Waals surface area (Å²) >= 11 is 5.98. The van der Waals surface area contributed by atoms with Crippen molar-refractivity contribution in [1.29, 1.82) is 0 Å². The molecule has 0 fully saturated rings. The van der Waals surface area contributed by atoms with E-state index in [0.717, 1.165) is 21.9 Å². The normalized spacial score (nSPS) is 11.7. The lowest BCUT2D eigenvalue weighted by atomic mass is 10.2. The number of hydrogen-bond acceptors (Lipinski definition) is 5. The van der Waals surface area contributed by atoms with Crippen LogP contribution in [0.25, 0.3) is 0 Å². The fraction of sp³-hybridized carbons (Fsp3) is 0.300. The zero-order valence-electron chi connectivity index (χ0n) is 16.7. The lowest BCUT2D eigenvalue weighted by Gasteiger charge is -2.23. The van der Waals surface area contributed by atoms with Crippen LogP contribution in [0, 0.1) is 6.92 Å². The van der Waals surface area contributed by atoms with Crippen molar-refractivity contribution in [3.8, 4) is 5.75 Å². The second kappa shape index (κ2) is 9.76. The number of halogens is 1. The van der Waals surface area contributed by atoms with E-state index in [0.29, 0.717) is 16.3 Å². The minimum absolute atomic E-state index is 0.0785. The summed E-state index contributed by atoms with van der Waals surface area (Å²) in [6.07, 6.45) is 2.58. The van der Waals surface area contributed by atoms with Gasteiger partial charge in [-0.1, -0.05) is 17.7 Å². The molecule has 0 saturated carbocycles. The van der Waals surface area contributed by atoms with Gasteiger partial charge in [0.1, 0.15) is 12.3 Å². The van der Waals surface area contributed by atoms with E-state index in [9.17, 15) is 13.2 Å². The van der Waals surface area contributed by atoms with E-state index >= 15 is 0 Å². The van der Waals surface area contributed by atoms with E-state index in [1.54, 1.807) is 43.3 Å². The molecule has 0 aliphatic rings. The maximum atomic E-state index is 12.3. The van der Waals surface area contributed by atoms with Crippen LogP contribution in [0.3, 0.4) is 0 Å². The number of benzene rings is 2. The molecule has 2 rings (SSSR count). The summed E-state index contributed by atoms with van der Waals surface area (Å²) in [5.41, 5.74) is 4.13. The Bertz CT molecular complexity index is 989. The topological polar surface area (TPSA) is 88.1 Å². The summed E-state index contributed by atoms with van der Waals surface area (Å²) in [4.78, 5) is 12.3. The van der Waals surface area contributed by atoms with Gasteiger partial charge >= 0.3 is 0 Å². The van der Waals surface area contributed by atoms with Crippen molar-refractivity contribution in [3.63, 3.8) is 0 Å². The monoisotopic (exact) mass is 437 g/mol. The number of amides is 1. The molecule has 0 unspecified atom stereocenters. The first-order chi connectivity index (χ1) is 13.6. The van der Waals surface area contributed by atoms with E-state index in [2.05, 4.69) is 10.5 Å². The average molecular weight is 438 g/mol. The molecule has 0 aliphatic heterocycles. The minimum Gasteiger partial charge on any atom is -0.491 e. The number of sulfonamides is 1. The molecule has 29 heavy (non-hydrogen) atoms. The third-order valence-electron chi connectivity index (χ3n) is 3.78. The molecule has 9 heteroatoms. The van der Waals surface area contributed by atoms with E-state index in [1.807, 2.05) is 13.8 Å². The summed E-state index contributed by atoms with van der Waals surface area (Å²) in [7, 11) is -3.70. The number of nitrogens with one attached hydrogen (secondary N) is 1. The van der Waals surface area contributed by atoms with Crippen LogP contribution in [0.2, 0.25) is 5.02 Å². The van der Waals surface area contributed by atoms with Crippen molar-refractivity contribution >= 4 is 39.4 Å². The summed E-state index contributed by atoms with van der Waals surface area (Å²) in [5.74, 6) is 0.160. The van der Waals surface area contributed by atoms with Crippen LogP contribution >= 0.6 is 11.6 Å². The molecule has 0 saturated heterocycles. The van der Waals surface area contributed by atoms with Crippen LogP contribution in [0.4, 0.5) is 5.69 Å². The Morgan fingerprint density at radius 2 is 1.90 bits per heavy atom. The Labute approximate surface area is 176 Å². The average Bonchev–Trinajstić information content (AvgIpc) is 2.62. The van der Waals surface area contributed by atoms with Crippen molar-refractivity contribution in [3.05, 3.63) is 58.6 Å². The summed E-state index contributed by atoms with van der Waals surface area (Å²) < 4.78 is 30.9. The minimum atomic E-state index is -3.70. The fourth-order valence-electron chi connectivity index (χ4n) is 2.48. The highest BCUT2D eigenvalue weighted by Gasteiger charge is 2.22. The van der Waals surface area contributed by atoms with Crippen LogP contribution in [0.15, 0.2) is 47.6 Å². The van der Waals surface area contributed by atoms with Gasteiger partial charge < -0.3 is 4.74 Å². The molecule has 0 aliphatic carbocycles. The van der Waals surface area contributed by atoms with Crippen LogP contribution in [0.1, 0.15) is 25.0 Å². The predicted molar refractivity (Wildman–Crippen MR) is 116 cm³/mol. The molecule has 0 aromatic heterocycles. The Morgan fingerprint density at radius 3 is 2.48 bits per heavy atom. The van der Waals surface area contributed by atoms with Crippen LogP contribution in [0.5, 0.6) is 5.75 Å². The Hall–Kier alpha value is -2.58. The number of aryl methyl sites for hydroxylation is 1. The van der Waals surface area contributed by atoms with Crippen LogP contribution < -0.4 is 14.5 Å². The van der Waals surface area contributed by atoms with Crippen molar-refractivity contribution in [2.75, 3.05) is 17.1 Å². The molecular formula is C20H24ClN3O4S. The van der Waals surface area contributed by atoms with E-state index in [1.165, 1.54) is 12.3 Å². The van der Waals surface area contributed by atoms with Crippen molar-refractivity contribution in [2.24, 2.45) is 5.10 Å². The maximum absolute atomic E-state index is 12.3. The summed E-state index contributed by atoms with van der Waals surface area (Å²) in [6.45, 7) is 5.20. The van der Waals surface area contributed by atoms with Gasteiger partial charge in [0.25, 0.3) is 5.91 Å². The number of nitrogens with zero attached hydrogens (tertiary/aromatic N) is 2. The van der Waals surface area contributed by atoms with Crippen LogP contribution in [-0.2, 0) is 14.8 Å². The number of hydrogen-bond donors (Lipinski definition) is 1. The number of rotatable bonds is 8. The first-order valence-corrected chi connectivity index (χ1v) is 11.1. The standard InChI is InChI=1S/C20H24ClN3O4S/c1-14(2)28-18-9-6-16(7-10-18)12-22-23-20(25)13-24(29(4,26)27)19-11-17(21)8-5-15(19)3/h5-12,14H,13H2,1-4H3,(H,23,25). The molecule has 2 aromatic rings. The highest BCUT2D eigenvalue weighted by molar-refractivity contribution is 7.92. The van der Waals surface area contributed by atoms with E-state index in [-0.39, 0.29) is 6.10 Å². The largest absolute Gasteiger partial charge is 0.491 e. The first kappa shape index (κ1) is 22.7. The molecule has 0 heterocycles. The second-order valence-electron chi connectivity index (χ2n) is 6.73. The van der Waals surface area contributed by atoms with Gasteiger partial charge in [0.05, 0.1) is 24.3 Å². The number of hydrazone groups is 1. The highest BCUT2D eigenvalue weighted by atomic mass is 35.5. The zero-order valence-corrected chi connectivity index (χ0v) is 18.3. The van der Waals surface area contributed by atoms with Gasteiger partial charge in [-0.15, -0.1) is 0 Å². The molecule has 1 amide bonds. The lowest BCUT2D eigenvalue weighted by Crippen LogP contribution is -2.39. The van der Waals surface area contributed by atoms with Crippen LogP contribution in [-0.4, -0.2) is 39.4 Å². The van der Waals surface area contributed by atoms with E-state index < -0.39 is 22.5 Å². The molecule has 1 N–H and O–H groups in total. The Morgan fingerprint density at radius 1 is 1.24 bits per heavy atom. The van der Waals surface area contributed by atoms with Gasteiger partial charge in [-0.2, -0.15) is 5.10 Å². The van der Waals surface area contributed by atoms with Crippen molar-refractivity contribution < 1.29 is 17.9 Å². The smallest absolute Gasteiger partial charge is 0.260 e. The van der Waals surface area contributed by atoms with Gasteiger partial charge in [-0.25, -0.2) is 13.8 Å². The Kier molecular flexibility index (Phi) is 7.64. The quantitative estimate of drug-likeness (QED) is 0.506. The number of carbonyl (C=O) groups excluding carboxylic acids is 1. The van der Waals surface area contributed by atoms with Gasteiger partial charge in [-0.3, -0.25) is 9.10 Å². The second-order valence-corrected chi connectivity index (χ2v) is 9.07. The SMILES string of the molecule is Cc1ccc(Cl)cc1N(CC(=O)NN=Cc1ccc(OC(C)C)cc1)S(C)(=O)=O. The van der Waals surface area contributed by atoms with Crippen molar-refractivity contribution in [2.45, 2.75) is 26.9 Å². The van der Waals surface area contributed by atoms with Gasteiger partial charge in [0.15, 0.2) is 0 Å². The molecule has 0 spiro atoms. The molecule has 0 bridgehead atoms. The van der Waals surface area contributed by atoms with Crippen molar-refractivity contribution in [1.82, 2.24) is 5.43 Å². The predicted octanol–water partition coefficient (Wildman–Crippen LogP) is 3.35. The zero-order chi connectivity index (χ0) is 21.6. The molecular weight excluding hydrogens is 414 g/mol. The number of ether oxygens (including phenoxy) is 1. The Balaban J connectivity index is 2.05. The number of anilines is 1.